The van der Waals surface area contributed by atoms with E-state index in [9.17, 15) is 0 Å². The molecule has 1 fully saturated rings. The molecular weight excluding hydrogens is 302 g/mol. The Morgan fingerprint density at radius 2 is 2.17 bits per heavy atom. The molecule has 5 heteroatoms. The maximum absolute atomic E-state index is 5.75. The molecule has 0 saturated heterocycles. The highest BCUT2D eigenvalue weighted by Crippen LogP contribution is 2.29. The predicted molar refractivity (Wildman–Crippen MR) is 93.0 cm³/mol. The standard InChI is InChI=1S/C19H23N3O2/c1-2-23-16-5-3-4-15(8-9-16)17-12-22-18(20-17)10-11-19(21-22)24-13-14-6-7-14/h4,8-12,14,16H,2-3,5-7,13H2,1H3. The van der Waals surface area contributed by atoms with E-state index in [1.54, 1.807) is 4.52 Å². The van der Waals surface area contributed by atoms with Gasteiger partial charge in [0.05, 0.1) is 24.6 Å². The molecule has 1 unspecified atom stereocenters. The van der Waals surface area contributed by atoms with Gasteiger partial charge in [-0.15, -0.1) is 5.10 Å². The van der Waals surface area contributed by atoms with Crippen LogP contribution >= 0.6 is 0 Å². The summed E-state index contributed by atoms with van der Waals surface area (Å²) in [6.45, 7) is 3.54. The van der Waals surface area contributed by atoms with Crippen molar-refractivity contribution in [1.29, 1.82) is 0 Å². The molecule has 24 heavy (non-hydrogen) atoms. The first-order valence-electron chi connectivity index (χ1n) is 8.81. The first kappa shape index (κ1) is 15.4. The first-order chi connectivity index (χ1) is 11.8. The van der Waals surface area contributed by atoms with E-state index in [4.69, 9.17) is 9.47 Å². The lowest BCUT2D eigenvalue weighted by Crippen LogP contribution is -2.08. The van der Waals surface area contributed by atoms with Gasteiger partial charge in [0.1, 0.15) is 0 Å². The number of aromatic nitrogens is 3. The molecule has 2 aromatic heterocycles. The van der Waals surface area contributed by atoms with Gasteiger partial charge in [0, 0.05) is 12.7 Å². The molecule has 0 aliphatic heterocycles. The van der Waals surface area contributed by atoms with Crippen LogP contribution in [0.3, 0.4) is 0 Å². The summed E-state index contributed by atoms with van der Waals surface area (Å²) in [5.41, 5.74) is 2.90. The minimum atomic E-state index is 0.196. The van der Waals surface area contributed by atoms with Crippen molar-refractivity contribution >= 4 is 11.2 Å². The molecule has 4 rings (SSSR count). The highest BCUT2D eigenvalue weighted by atomic mass is 16.5. The third-order valence-corrected chi connectivity index (χ3v) is 4.44. The molecule has 2 aliphatic rings. The molecule has 2 aliphatic carbocycles. The molecule has 0 radical (unpaired) electrons. The van der Waals surface area contributed by atoms with Gasteiger partial charge in [0.2, 0.25) is 5.88 Å². The highest BCUT2D eigenvalue weighted by molar-refractivity contribution is 5.73. The maximum atomic E-state index is 5.75. The number of nitrogens with zero attached hydrogens (tertiary/aromatic N) is 3. The van der Waals surface area contributed by atoms with E-state index >= 15 is 0 Å². The quantitative estimate of drug-likeness (QED) is 0.813. The molecule has 0 bridgehead atoms. The zero-order valence-corrected chi connectivity index (χ0v) is 14.0. The number of ether oxygens (including phenoxy) is 2. The van der Waals surface area contributed by atoms with Gasteiger partial charge in [-0.3, -0.25) is 0 Å². The molecule has 0 amide bonds. The largest absolute Gasteiger partial charge is 0.476 e. The average Bonchev–Trinajstić information content (AvgIpc) is 3.36. The van der Waals surface area contributed by atoms with Gasteiger partial charge in [0.25, 0.3) is 0 Å². The van der Waals surface area contributed by atoms with Crippen molar-refractivity contribution < 1.29 is 9.47 Å². The second kappa shape index (κ2) is 6.77. The SMILES string of the molecule is CCOC1C=CC(c2cn3nc(OCC4CC4)ccc3n2)=CCC1. The predicted octanol–water partition coefficient (Wildman–Crippen LogP) is 3.66. The summed E-state index contributed by atoms with van der Waals surface area (Å²) < 4.78 is 13.2. The molecule has 0 spiro atoms. The van der Waals surface area contributed by atoms with E-state index in [0.29, 0.717) is 5.88 Å². The van der Waals surface area contributed by atoms with E-state index in [1.165, 1.54) is 12.8 Å². The van der Waals surface area contributed by atoms with Gasteiger partial charge in [-0.25, -0.2) is 9.50 Å². The molecule has 2 aromatic rings. The number of hydrogen-bond donors (Lipinski definition) is 0. The summed E-state index contributed by atoms with van der Waals surface area (Å²) in [5.74, 6) is 1.39. The van der Waals surface area contributed by atoms with Gasteiger partial charge < -0.3 is 9.47 Å². The van der Waals surface area contributed by atoms with Crippen molar-refractivity contribution in [3.63, 3.8) is 0 Å². The van der Waals surface area contributed by atoms with Crippen LogP contribution in [0.15, 0.2) is 36.6 Å². The zero-order chi connectivity index (χ0) is 16.4. The minimum Gasteiger partial charge on any atom is -0.476 e. The van der Waals surface area contributed by atoms with Crippen LogP contribution in [0.25, 0.3) is 11.2 Å². The van der Waals surface area contributed by atoms with Crippen LogP contribution in [0.1, 0.15) is 38.3 Å². The van der Waals surface area contributed by atoms with Crippen LogP contribution in [-0.2, 0) is 4.74 Å². The van der Waals surface area contributed by atoms with Crippen molar-refractivity contribution in [2.75, 3.05) is 13.2 Å². The van der Waals surface area contributed by atoms with Crippen LogP contribution in [-0.4, -0.2) is 33.9 Å². The Hall–Kier alpha value is -2.14. The van der Waals surface area contributed by atoms with Crippen molar-refractivity contribution in [3.05, 3.63) is 42.3 Å². The Morgan fingerprint density at radius 3 is 3.00 bits per heavy atom. The summed E-state index contributed by atoms with van der Waals surface area (Å²) in [5, 5.41) is 4.51. The minimum absolute atomic E-state index is 0.196. The van der Waals surface area contributed by atoms with E-state index in [2.05, 4.69) is 28.3 Å². The van der Waals surface area contributed by atoms with Crippen LogP contribution in [0, 0.1) is 5.92 Å². The summed E-state index contributed by atoms with van der Waals surface area (Å²) in [7, 11) is 0. The molecule has 5 nitrogen and oxygen atoms in total. The smallest absolute Gasteiger partial charge is 0.231 e. The molecule has 0 N–H and O–H groups in total. The molecule has 126 valence electrons. The first-order valence-corrected chi connectivity index (χ1v) is 8.81. The molecule has 0 aromatic carbocycles. The Kier molecular flexibility index (Phi) is 4.34. The summed E-state index contributed by atoms with van der Waals surface area (Å²) in [6.07, 6.45) is 13.2. The van der Waals surface area contributed by atoms with Gasteiger partial charge in [0.15, 0.2) is 5.65 Å². The fourth-order valence-corrected chi connectivity index (χ4v) is 2.89. The van der Waals surface area contributed by atoms with E-state index in [0.717, 1.165) is 48.9 Å². The lowest BCUT2D eigenvalue weighted by Gasteiger charge is -2.09. The molecule has 2 heterocycles. The number of imidazole rings is 1. The molecule has 1 atom stereocenters. The van der Waals surface area contributed by atoms with Crippen molar-refractivity contribution in [2.45, 2.75) is 38.7 Å². The van der Waals surface area contributed by atoms with Gasteiger partial charge in [-0.2, -0.15) is 0 Å². The van der Waals surface area contributed by atoms with E-state index in [-0.39, 0.29) is 6.10 Å². The lowest BCUT2D eigenvalue weighted by atomic mass is 10.2. The Balaban J connectivity index is 1.53. The second-order valence-corrected chi connectivity index (χ2v) is 6.44. The van der Waals surface area contributed by atoms with Crippen molar-refractivity contribution in [2.24, 2.45) is 5.92 Å². The number of rotatable bonds is 6. The normalized spacial score (nSPS) is 20.9. The van der Waals surface area contributed by atoms with Crippen molar-refractivity contribution in [3.8, 4) is 5.88 Å². The zero-order valence-electron chi connectivity index (χ0n) is 14.0. The van der Waals surface area contributed by atoms with Crippen LogP contribution in [0.2, 0.25) is 0 Å². The molecular formula is C19H23N3O2. The van der Waals surface area contributed by atoms with Gasteiger partial charge >= 0.3 is 0 Å². The average molecular weight is 325 g/mol. The third-order valence-electron chi connectivity index (χ3n) is 4.44. The number of allylic oxidation sites excluding steroid dienone is 3. The fourth-order valence-electron chi connectivity index (χ4n) is 2.89. The fraction of sp³-hybridized carbons (Fsp3) is 0.474. The lowest BCUT2D eigenvalue weighted by molar-refractivity contribution is 0.0914. The van der Waals surface area contributed by atoms with Gasteiger partial charge in [-0.05, 0) is 50.2 Å². The Bertz CT molecular complexity index is 774. The summed E-state index contributed by atoms with van der Waals surface area (Å²) in [6, 6.07) is 3.86. The number of fused-ring (bicyclic) bond motifs is 1. The van der Waals surface area contributed by atoms with Crippen LogP contribution < -0.4 is 4.74 Å². The Labute approximate surface area is 142 Å². The summed E-state index contributed by atoms with van der Waals surface area (Å²) in [4.78, 5) is 4.68. The van der Waals surface area contributed by atoms with Crippen LogP contribution in [0.4, 0.5) is 0 Å². The highest BCUT2D eigenvalue weighted by Gasteiger charge is 2.22. The van der Waals surface area contributed by atoms with Crippen LogP contribution in [0.5, 0.6) is 5.88 Å². The van der Waals surface area contributed by atoms with E-state index < -0.39 is 0 Å². The maximum Gasteiger partial charge on any atom is 0.231 e. The van der Waals surface area contributed by atoms with E-state index in [1.807, 2.05) is 25.3 Å². The second-order valence-electron chi connectivity index (χ2n) is 6.44. The number of hydrogen-bond acceptors (Lipinski definition) is 4. The van der Waals surface area contributed by atoms with Crippen molar-refractivity contribution in [1.82, 2.24) is 14.6 Å². The topological polar surface area (TPSA) is 48.7 Å². The monoisotopic (exact) mass is 325 g/mol. The third kappa shape index (κ3) is 3.51. The van der Waals surface area contributed by atoms with Gasteiger partial charge in [-0.1, -0.05) is 18.2 Å². The Morgan fingerprint density at radius 1 is 1.25 bits per heavy atom. The molecule has 1 saturated carbocycles. The summed E-state index contributed by atoms with van der Waals surface area (Å²) >= 11 is 0.